The molecule has 0 aliphatic heterocycles. The maximum atomic E-state index is 11.3. The Labute approximate surface area is 102 Å². The Kier molecular flexibility index (Phi) is 4.52. The van der Waals surface area contributed by atoms with Crippen molar-refractivity contribution in [1.82, 2.24) is 5.32 Å². The number of likely N-dealkylation sites (N-methyl/N-ethyl adjacent to an activating group) is 1. The minimum absolute atomic E-state index is 0.383. The van der Waals surface area contributed by atoms with Crippen molar-refractivity contribution in [1.29, 1.82) is 0 Å². The van der Waals surface area contributed by atoms with Crippen molar-refractivity contribution in [3.63, 3.8) is 0 Å². The molecule has 0 amide bonds. The Morgan fingerprint density at radius 3 is 2.47 bits per heavy atom. The molecule has 0 aliphatic carbocycles. The Morgan fingerprint density at radius 1 is 1.41 bits per heavy atom. The lowest BCUT2D eigenvalue weighted by molar-refractivity contribution is -0.138. The number of hydrogen-bond acceptors (Lipinski definition) is 3. The highest BCUT2D eigenvalue weighted by Gasteiger charge is 2.23. The Morgan fingerprint density at radius 2 is 2.00 bits per heavy atom. The molecule has 4 nitrogen and oxygen atoms in total. The van der Waals surface area contributed by atoms with E-state index in [0.29, 0.717) is 12.3 Å². The number of nitrogens with one attached hydrogen (secondary N) is 1. The summed E-state index contributed by atoms with van der Waals surface area (Å²) in [5, 5.41) is 12.1. The zero-order chi connectivity index (χ0) is 13.0. The summed E-state index contributed by atoms with van der Waals surface area (Å²) in [5.74, 6) is -0.800. The molecule has 0 bridgehead atoms. The lowest BCUT2D eigenvalue weighted by Gasteiger charge is -2.17. The number of methoxy groups -OCH3 is 1. The summed E-state index contributed by atoms with van der Waals surface area (Å²) in [6.07, 6.45) is 0. The monoisotopic (exact) mass is 237 g/mol. The summed E-state index contributed by atoms with van der Waals surface area (Å²) >= 11 is 0. The van der Waals surface area contributed by atoms with Crippen LogP contribution in [0.1, 0.15) is 22.6 Å². The Balaban J connectivity index is 3.25. The number of aliphatic carboxylic acids is 1. The quantitative estimate of drug-likeness (QED) is 0.818. The second-order valence-electron chi connectivity index (χ2n) is 4.13. The first-order valence-corrected chi connectivity index (χ1v) is 5.53. The second-order valence-corrected chi connectivity index (χ2v) is 4.13. The molecule has 1 atom stereocenters. The number of carboxylic acid groups (broad SMARTS) is 1. The number of carbonyl (C=O) groups is 1. The van der Waals surface area contributed by atoms with Gasteiger partial charge in [-0.2, -0.15) is 0 Å². The fraction of sp³-hybridized carbons (Fsp3) is 0.462. The second kappa shape index (κ2) is 5.68. The van der Waals surface area contributed by atoms with E-state index in [1.54, 1.807) is 14.2 Å². The molecule has 0 fully saturated rings. The van der Waals surface area contributed by atoms with Gasteiger partial charge < -0.3 is 15.2 Å². The van der Waals surface area contributed by atoms with Crippen molar-refractivity contribution in [3.8, 4) is 5.75 Å². The highest BCUT2D eigenvalue weighted by atomic mass is 16.5. The van der Waals surface area contributed by atoms with Gasteiger partial charge in [0.15, 0.2) is 0 Å². The molecule has 0 spiro atoms. The predicted octanol–water partition coefficient (Wildman–Crippen LogP) is 1.70. The molecule has 17 heavy (non-hydrogen) atoms. The number of benzene rings is 1. The first kappa shape index (κ1) is 13.5. The molecule has 4 heteroatoms. The van der Waals surface area contributed by atoms with Gasteiger partial charge in [-0.15, -0.1) is 0 Å². The van der Waals surface area contributed by atoms with Crippen molar-refractivity contribution in [2.24, 2.45) is 0 Å². The molecule has 0 radical (unpaired) electrons. The average Bonchev–Trinajstić information content (AvgIpc) is 2.29. The molecule has 1 aromatic rings. The SMILES string of the molecule is CNCC(C(=O)O)c1cc(C)c(C)cc1OC. The van der Waals surface area contributed by atoms with E-state index in [-0.39, 0.29) is 0 Å². The van der Waals surface area contributed by atoms with E-state index in [4.69, 9.17) is 4.74 Å². The highest BCUT2D eigenvalue weighted by molar-refractivity contribution is 5.77. The maximum Gasteiger partial charge on any atom is 0.312 e. The molecular formula is C13H19NO3. The van der Waals surface area contributed by atoms with Crippen LogP contribution in [0.5, 0.6) is 5.75 Å². The van der Waals surface area contributed by atoms with E-state index in [1.165, 1.54) is 0 Å². The first-order valence-electron chi connectivity index (χ1n) is 5.53. The molecule has 1 aromatic carbocycles. The van der Waals surface area contributed by atoms with Gasteiger partial charge in [0, 0.05) is 12.1 Å². The summed E-state index contributed by atoms with van der Waals surface area (Å²) in [6, 6.07) is 3.78. The minimum atomic E-state index is -0.846. The van der Waals surface area contributed by atoms with E-state index < -0.39 is 11.9 Å². The van der Waals surface area contributed by atoms with E-state index in [2.05, 4.69) is 5.32 Å². The van der Waals surface area contributed by atoms with Crippen molar-refractivity contribution < 1.29 is 14.6 Å². The van der Waals surface area contributed by atoms with Crippen LogP contribution in [0.3, 0.4) is 0 Å². The first-order chi connectivity index (χ1) is 8.01. The molecule has 94 valence electrons. The van der Waals surface area contributed by atoms with Crippen LogP contribution in [0.25, 0.3) is 0 Å². The zero-order valence-corrected chi connectivity index (χ0v) is 10.7. The molecule has 1 rings (SSSR count). The molecule has 0 aromatic heterocycles. The lowest BCUT2D eigenvalue weighted by atomic mass is 9.94. The van der Waals surface area contributed by atoms with Crippen molar-refractivity contribution >= 4 is 5.97 Å². The third-order valence-electron chi connectivity index (χ3n) is 2.93. The minimum Gasteiger partial charge on any atom is -0.496 e. The van der Waals surface area contributed by atoms with Crippen LogP contribution in [-0.2, 0) is 4.79 Å². The fourth-order valence-electron chi connectivity index (χ4n) is 1.80. The number of aryl methyl sites for hydroxylation is 2. The van der Waals surface area contributed by atoms with Gasteiger partial charge in [0.2, 0.25) is 0 Å². The summed E-state index contributed by atoms with van der Waals surface area (Å²) in [4.78, 5) is 11.3. The van der Waals surface area contributed by atoms with Gasteiger partial charge in [-0.1, -0.05) is 6.07 Å². The van der Waals surface area contributed by atoms with Crippen LogP contribution in [0, 0.1) is 13.8 Å². The van der Waals surface area contributed by atoms with Gasteiger partial charge in [-0.05, 0) is 38.1 Å². The molecule has 2 N–H and O–H groups in total. The predicted molar refractivity (Wildman–Crippen MR) is 66.8 cm³/mol. The Hall–Kier alpha value is -1.55. The third-order valence-corrected chi connectivity index (χ3v) is 2.93. The van der Waals surface area contributed by atoms with E-state index >= 15 is 0 Å². The van der Waals surface area contributed by atoms with Crippen LogP contribution in [0.15, 0.2) is 12.1 Å². The molecule has 1 unspecified atom stereocenters. The third kappa shape index (κ3) is 2.97. The van der Waals surface area contributed by atoms with Crippen molar-refractivity contribution in [2.75, 3.05) is 20.7 Å². The smallest absolute Gasteiger partial charge is 0.312 e. The number of hydrogen-bond donors (Lipinski definition) is 2. The normalized spacial score (nSPS) is 12.2. The van der Waals surface area contributed by atoms with Gasteiger partial charge in [0.25, 0.3) is 0 Å². The summed E-state index contributed by atoms with van der Waals surface area (Å²) in [7, 11) is 3.30. The summed E-state index contributed by atoms with van der Waals surface area (Å²) < 4.78 is 5.27. The van der Waals surface area contributed by atoms with E-state index in [9.17, 15) is 9.90 Å². The molecule has 0 aliphatic rings. The van der Waals surface area contributed by atoms with Gasteiger partial charge >= 0.3 is 5.97 Å². The summed E-state index contributed by atoms with van der Waals surface area (Å²) in [6.45, 7) is 4.33. The fourth-order valence-corrected chi connectivity index (χ4v) is 1.80. The molecule has 0 saturated heterocycles. The Bertz CT molecular complexity index is 415. The standard InChI is InChI=1S/C13H19NO3/c1-8-5-10(11(7-14-3)13(15)16)12(17-4)6-9(8)2/h5-6,11,14H,7H2,1-4H3,(H,15,16). The van der Waals surface area contributed by atoms with Gasteiger partial charge in [0.05, 0.1) is 13.0 Å². The van der Waals surface area contributed by atoms with Crippen molar-refractivity contribution in [2.45, 2.75) is 19.8 Å². The van der Waals surface area contributed by atoms with Crippen LogP contribution in [0.4, 0.5) is 0 Å². The number of rotatable bonds is 5. The highest BCUT2D eigenvalue weighted by Crippen LogP contribution is 2.29. The van der Waals surface area contributed by atoms with Gasteiger partial charge in [0.1, 0.15) is 5.75 Å². The zero-order valence-electron chi connectivity index (χ0n) is 10.7. The largest absolute Gasteiger partial charge is 0.496 e. The van der Waals surface area contributed by atoms with E-state index in [1.807, 2.05) is 26.0 Å². The van der Waals surface area contributed by atoms with Crippen molar-refractivity contribution in [3.05, 3.63) is 28.8 Å². The van der Waals surface area contributed by atoms with Crippen LogP contribution < -0.4 is 10.1 Å². The maximum absolute atomic E-state index is 11.3. The van der Waals surface area contributed by atoms with E-state index in [0.717, 1.165) is 16.7 Å². The molecule has 0 heterocycles. The van der Waals surface area contributed by atoms with Crippen LogP contribution in [0.2, 0.25) is 0 Å². The average molecular weight is 237 g/mol. The molecule has 0 saturated carbocycles. The van der Waals surface area contributed by atoms with Crippen LogP contribution in [-0.4, -0.2) is 31.8 Å². The topological polar surface area (TPSA) is 58.6 Å². The summed E-state index contributed by atoms with van der Waals surface area (Å²) in [5.41, 5.74) is 2.89. The molecular weight excluding hydrogens is 218 g/mol. The van der Waals surface area contributed by atoms with Crippen LogP contribution >= 0.6 is 0 Å². The van der Waals surface area contributed by atoms with Gasteiger partial charge in [-0.25, -0.2) is 0 Å². The van der Waals surface area contributed by atoms with Gasteiger partial charge in [-0.3, -0.25) is 4.79 Å². The lowest BCUT2D eigenvalue weighted by Crippen LogP contribution is -2.24. The number of ether oxygens (including phenoxy) is 1. The number of carboxylic acids is 1.